The van der Waals surface area contributed by atoms with Crippen LogP contribution < -0.4 is 19.9 Å². The summed E-state index contributed by atoms with van der Waals surface area (Å²) >= 11 is 0. The Kier molecular flexibility index (Phi) is 10.4. The third kappa shape index (κ3) is 7.91. The van der Waals surface area contributed by atoms with Crippen molar-refractivity contribution in [2.75, 3.05) is 13.7 Å². The zero-order valence-electron chi connectivity index (χ0n) is 30.3. The quantitative estimate of drug-likeness (QED) is 0.108. The predicted octanol–water partition coefficient (Wildman–Crippen LogP) is 5.56. The second kappa shape index (κ2) is 15.0. The van der Waals surface area contributed by atoms with Crippen molar-refractivity contribution in [2.24, 2.45) is 17.6 Å². The molecule has 3 aliphatic rings. The highest BCUT2D eigenvalue weighted by Crippen LogP contribution is 2.44. The zero-order chi connectivity index (χ0) is 38.2. The smallest absolute Gasteiger partial charge is 0.262 e. The maximum atomic E-state index is 13.7. The Hall–Kier alpha value is -5.05. The number of nitrogens with zero attached hydrogens (tertiary/aromatic N) is 3. The molecule has 3 amide bonds. The first-order valence-electron chi connectivity index (χ1n) is 18.4. The van der Waals surface area contributed by atoms with Gasteiger partial charge < -0.3 is 24.5 Å². The minimum Gasteiger partial charge on any atom is -0.497 e. The summed E-state index contributed by atoms with van der Waals surface area (Å²) in [6, 6.07) is 10.2. The molecule has 13 nitrogen and oxygen atoms in total. The number of unbranched alkanes of at least 4 members (excludes halogenated alkanes) is 4. The number of fused-ring (bicyclic) bond motifs is 3. The maximum Gasteiger partial charge on any atom is 0.262 e. The number of carbonyl (C=O) groups excluding carboxylic acids is 3. The van der Waals surface area contributed by atoms with Gasteiger partial charge in [0.15, 0.2) is 5.82 Å². The third-order valence-electron chi connectivity index (χ3n) is 10.7. The fourth-order valence-corrected chi connectivity index (χ4v) is 8.23. The Morgan fingerprint density at radius 3 is 2.56 bits per heavy atom. The van der Waals surface area contributed by atoms with Crippen LogP contribution in [0.4, 0.5) is 4.39 Å². The van der Waals surface area contributed by atoms with Crippen LogP contribution in [0.2, 0.25) is 0 Å². The van der Waals surface area contributed by atoms with E-state index in [2.05, 4.69) is 9.71 Å². The topological polar surface area (TPSA) is 184 Å². The summed E-state index contributed by atoms with van der Waals surface area (Å²) in [7, 11) is -2.05. The van der Waals surface area contributed by atoms with E-state index in [1.54, 1.807) is 44.4 Å². The summed E-state index contributed by atoms with van der Waals surface area (Å²) < 4.78 is 57.7. The Balaban J connectivity index is 0.919. The first kappa shape index (κ1) is 37.3. The molecule has 15 heteroatoms. The molecular weight excluding hydrogens is 718 g/mol. The Morgan fingerprint density at radius 1 is 1.07 bits per heavy atom. The van der Waals surface area contributed by atoms with Gasteiger partial charge >= 0.3 is 0 Å². The predicted molar refractivity (Wildman–Crippen MR) is 198 cm³/mol. The number of benzene rings is 2. The first-order chi connectivity index (χ1) is 25.9. The summed E-state index contributed by atoms with van der Waals surface area (Å²) in [5.74, 6) is -0.826. The van der Waals surface area contributed by atoms with Gasteiger partial charge in [-0.2, -0.15) is 4.98 Å². The number of halogens is 1. The summed E-state index contributed by atoms with van der Waals surface area (Å²) in [6.45, 7) is 1.79. The highest BCUT2D eigenvalue weighted by molar-refractivity contribution is 7.91. The van der Waals surface area contributed by atoms with E-state index in [0.29, 0.717) is 53.5 Å². The fraction of sp³-hybridized carbons (Fsp3) is 0.462. The van der Waals surface area contributed by atoms with E-state index >= 15 is 0 Å². The van der Waals surface area contributed by atoms with Crippen LogP contribution in [0.3, 0.4) is 0 Å². The Labute approximate surface area is 312 Å². The minimum absolute atomic E-state index is 0.0661. The number of primary amides is 1. The average Bonchev–Trinajstić information content (AvgIpc) is 4.02. The molecular formula is C39H44FN5O8S. The van der Waals surface area contributed by atoms with Gasteiger partial charge in [0.25, 0.3) is 5.88 Å². The molecule has 4 atom stereocenters. The molecule has 2 aromatic heterocycles. The van der Waals surface area contributed by atoms with Crippen molar-refractivity contribution < 1.29 is 41.1 Å². The molecule has 2 saturated carbocycles. The van der Waals surface area contributed by atoms with Crippen LogP contribution in [0, 0.1) is 17.7 Å². The van der Waals surface area contributed by atoms with Crippen molar-refractivity contribution in [3.8, 4) is 23.0 Å². The lowest BCUT2D eigenvalue weighted by Crippen LogP contribution is -2.43. The van der Waals surface area contributed by atoms with Gasteiger partial charge in [-0.25, -0.2) is 17.8 Å². The number of hydrogen-bond donors (Lipinski definition) is 2. The summed E-state index contributed by atoms with van der Waals surface area (Å²) in [6.07, 6.45) is 9.77. The summed E-state index contributed by atoms with van der Waals surface area (Å²) in [5, 5.41) is 0.670. The summed E-state index contributed by atoms with van der Waals surface area (Å²) in [5.41, 5.74) is 7.60. The lowest BCUT2D eigenvalue weighted by molar-refractivity contribution is -0.137. The van der Waals surface area contributed by atoms with Gasteiger partial charge in [0, 0.05) is 24.3 Å². The number of aromatic nitrogens is 2. The lowest BCUT2D eigenvalue weighted by Gasteiger charge is -2.21. The van der Waals surface area contributed by atoms with E-state index in [0.717, 1.165) is 25.7 Å². The number of sulfonamides is 1. The number of nitrogens with one attached hydrogen (secondary N) is 1. The molecule has 4 aromatic rings. The number of ether oxygens (including phenoxy) is 2. The molecule has 0 radical (unpaired) electrons. The van der Waals surface area contributed by atoms with Crippen LogP contribution in [0.5, 0.6) is 11.6 Å². The van der Waals surface area contributed by atoms with Crippen LogP contribution in [0.15, 0.2) is 59.0 Å². The van der Waals surface area contributed by atoms with Crippen LogP contribution in [-0.2, 0) is 24.4 Å². The molecule has 286 valence electrons. The highest BCUT2D eigenvalue weighted by atomic mass is 32.2. The molecule has 1 saturated heterocycles. The second-order valence-corrected chi connectivity index (χ2v) is 16.9. The zero-order valence-corrected chi connectivity index (χ0v) is 31.1. The van der Waals surface area contributed by atoms with Gasteiger partial charge in [-0.3, -0.25) is 19.1 Å². The number of amides is 3. The summed E-state index contributed by atoms with van der Waals surface area (Å²) in [4.78, 5) is 49.1. The Morgan fingerprint density at radius 2 is 1.83 bits per heavy atom. The standard InChI is InChI=1S/C39H44FN5O8S/c1-39(17-18-39)54(49,50)44-37(48)28-19-24(28)9-7-5-3-4-6-8-10-32(46)45-22-27(21-30(45)35(41)47)52-38-34-33(29-20-26(51-2)15-16-31(29)53-34)42-36(43-38)23-11-13-25(40)14-12-23/h7,9,11-16,20,24,27-28,30H,3-6,8,10,17-19,21-22H2,1-2H3,(H2,41,47)(H,44,48)/b9-7-/t24-,27-,28+,30+/m1/s1. The third-order valence-corrected chi connectivity index (χ3v) is 12.9. The number of rotatable bonds is 16. The van der Waals surface area contributed by atoms with E-state index in [4.69, 9.17) is 24.6 Å². The van der Waals surface area contributed by atoms with Gasteiger partial charge in [-0.15, -0.1) is 0 Å². The number of furan rings is 1. The molecule has 2 aromatic carbocycles. The largest absolute Gasteiger partial charge is 0.497 e. The monoisotopic (exact) mass is 761 g/mol. The first-order valence-corrected chi connectivity index (χ1v) is 19.9. The molecule has 3 N–H and O–H groups in total. The van der Waals surface area contributed by atoms with Gasteiger partial charge in [-0.05, 0) is 93.8 Å². The van der Waals surface area contributed by atoms with Gasteiger partial charge in [-0.1, -0.05) is 25.0 Å². The maximum absolute atomic E-state index is 13.7. The number of methoxy groups -OCH3 is 1. The van der Waals surface area contributed by atoms with E-state index in [-0.39, 0.29) is 54.4 Å². The molecule has 3 fully saturated rings. The van der Waals surface area contributed by atoms with Gasteiger partial charge in [0.05, 0.1) is 23.8 Å². The number of carbonyl (C=O) groups is 3. The van der Waals surface area contributed by atoms with E-state index in [1.165, 1.54) is 17.0 Å². The van der Waals surface area contributed by atoms with Gasteiger partial charge in [0.1, 0.15) is 34.8 Å². The highest BCUT2D eigenvalue weighted by Gasteiger charge is 2.52. The lowest BCUT2D eigenvalue weighted by atomic mass is 10.1. The van der Waals surface area contributed by atoms with Crippen molar-refractivity contribution in [3.63, 3.8) is 0 Å². The van der Waals surface area contributed by atoms with Gasteiger partial charge in [0.2, 0.25) is 33.3 Å². The van der Waals surface area contributed by atoms with Crippen molar-refractivity contribution in [2.45, 2.75) is 88.0 Å². The molecule has 0 spiro atoms. The molecule has 1 aliphatic heterocycles. The van der Waals surface area contributed by atoms with E-state index in [1.807, 2.05) is 12.2 Å². The van der Waals surface area contributed by atoms with Crippen LogP contribution >= 0.6 is 0 Å². The molecule has 54 heavy (non-hydrogen) atoms. The number of hydrogen-bond acceptors (Lipinski definition) is 10. The van der Waals surface area contributed by atoms with E-state index < -0.39 is 44.5 Å². The minimum atomic E-state index is -3.61. The van der Waals surface area contributed by atoms with E-state index in [9.17, 15) is 27.2 Å². The van der Waals surface area contributed by atoms with Crippen molar-refractivity contribution in [1.82, 2.24) is 19.6 Å². The number of likely N-dealkylation sites (tertiary alicyclic amines) is 1. The molecule has 2 aliphatic carbocycles. The van der Waals surface area contributed by atoms with Crippen molar-refractivity contribution >= 4 is 49.8 Å². The molecule has 3 heterocycles. The fourth-order valence-electron chi connectivity index (χ4n) is 6.93. The Bertz CT molecular complexity index is 2220. The SMILES string of the molecule is COc1ccc2oc3c(O[C@@H]4C[C@@H](C(N)=O)N(C(=O)CCCCCC/C=C\[C@@H]5C[C@@H]5C(=O)NS(=O)(=O)C5(C)CC5)C4)nc(-c4ccc(F)cc4)nc3c2c1. The second-order valence-electron chi connectivity index (χ2n) is 14.7. The van der Waals surface area contributed by atoms with Crippen LogP contribution in [0.1, 0.15) is 71.1 Å². The van der Waals surface area contributed by atoms with Crippen LogP contribution in [-0.4, -0.2) is 71.6 Å². The average molecular weight is 762 g/mol. The number of allylic oxidation sites excluding steroid dienone is 2. The van der Waals surface area contributed by atoms with Crippen LogP contribution in [0.25, 0.3) is 33.5 Å². The van der Waals surface area contributed by atoms with Crippen molar-refractivity contribution in [3.05, 3.63) is 60.4 Å². The molecule has 7 rings (SSSR count). The normalized spacial score (nSPS) is 21.8. The van der Waals surface area contributed by atoms with Crippen molar-refractivity contribution in [1.29, 1.82) is 0 Å². The molecule has 0 unspecified atom stereocenters. The molecule has 0 bridgehead atoms. The number of nitrogens with two attached hydrogens (primary N) is 1.